The third-order valence-corrected chi connectivity index (χ3v) is 3.59. The number of imidazole rings is 1. The van der Waals surface area contributed by atoms with Crippen LogP contribution in [-0.4, -0.2) is 15.1 Å². The fraction of sp³-hybridized carbons (Fsp3) is 0.154. The molecule has 20 heavy (non-hydrogen) atoms. The van der Waals surface area contributed by atoms with Gasteiger partial charge >= 0.3 is 5.69 Å². The molecule has 0 bridgehead atoms. The molecule has 0 saturated carbocycles. The standard InChI is InChI=1S/C13H12BrN3O3/c14-9-3-11-12(17-13(19)16-11)4-10(9)15-5-7-1-2-8(6-18)20-7/h1-4,15,18H,5-6H2,(H2,16,17,19). The molecule has 1 aromatic carbocycles. The molecule has 0 fully saturated rings. The van der Waals surface area contributed by atoms with Gasteiger partial charge in [0.25, 0.3) is 0 Å². The number of hydrogen-bond donors (Lipinski definition) is 4. The van der Waals surface area contributed by atoms with Gasteiger partial charge in [-0.15, -0.1) is 0 Å². The van der Waals surface area contributed by atoms with E-state index in [0.717, 1.165) is 27.0 Å². The Balaban J connectivity index is 1.82. The number of rotatable bonds is 4. The third-order valence-electron chi connectivity index (χ3n) is 2.93. The van der Waals surface area contributed by atoms with Crippen molar-refractivity contribution in [2.24, 2.45) is 0 Å². The highest BCUT2D eigenvalue weighted by Gasteiger charge is 2.07. The first kappa shape index (κ1) is 13.0. The summed E-state index contributed by atoms with van der Waals surface area (Å²) in [5, 5.41) is 12.2. The monoisotopic (exact) mass is 337 g/mol. The average molecular weight is 338 g/mol. The SMILES string of the molecule is O=c1[nH]c2cc(Br)c(NCc3ccc(CO)o3)cc2[nH]1. The van der Waals surface area contributed by atoms with E-state index in [1.165, 1.54) is 0 Å². The van der Waals surface area contributed by atoms with Crippen LogP contribution < -0.4 is 11.0 Å². The summed E-state index contributed by atoms with van der Waals surface area (Å²) in [5.41, 5.74) is 2.08. The van der Waals surface area contributed by atoms with Crippen LogP contribution in [0.5, 0.6) is 0 Å². The fourth-order valence-electron chi connectivity index (χ4n) is 1.98. The molecule has 0 amide bonds. The minimum atomic E-state index is -0.234. The molecule has 0 saturated heterocycles. The van der Waals surface area contributed by atoms with Crippen molar-refractivity contribution in [3.8, 4) is 0 Å². The van der Waals surface area contributed by atoms with Gasteiger partial charge in [-0.05, 0) is 40.2 Å². The second-order valence-corrected chi connectivity index (χ2v) is 5.19. The van der Waals surface area contributed by atoms with Gasteiger partial charge in [0.05, 0.1) is 23.3 Å². The van der Waals surface area contributed by atoms with Crippen molar-refractivity contribution in [1.82, 2.24) is 9.97 Å². The third kappa shape index (κ3) is 2.50. The van der Waals surface area contributed by atoms with Crippen LogP contribution in [0.1, 0.15) is 11.5 Å². The van der Waals surface area contributed by atoms with E-state index in [9.17, 15) is 4.79 Å². The van der Waals surface area contributed by atoms with Gasteiger partial charge < -0.3 is 24.8 Å². The summed E-state index contributed by atoms with van der Waals surface area (Å²) in [6.45, 7) is 0.374. The molecule has 2 aromatic heterocycles. The van der Waals surface area contributed by atoms with Crippen LogP contribution in [-0.2, 0) is 13.2 Å². The molecule has 0 aliphatic heterocycles. The molecule has 6 nitrogen and oxygen atoms in total. The molecular formula is C13H12BrN3O3. The number of nitrogens with one attached hydrogen (secondary N) is 3. The quantitative estimate of drug-likeness (QED) is 0.587. The number of halogens is 1. The van der Waals surface area contributed by atoms with Crippen LogP contribution in [0, 0.1) is 0 Å². The number of furan rings is 1. The first-order valence-electron chi connectivity index (χ1n) is 5.99. The maximum Gasteiger partial charge on any atom is 0.323 e. The predicted octanol–water partition coefficient (Wildman–Crippen LogP) is 2.32. The van der Waals surface area contributed by atoms with Crippen molar-refractivity contribution in [3.63, 3.8) is 0 Å². The summed E-state index contributed by atoms with van der Waals surface area (Å²) < 4.78 is 6.24. The van der Waals surface area contributed by atoms with Gasteiger partial charge in [-0.3, -0.25) is 0 Å². The van der Waals surface area contributed by atoms with Crippen molar-refractivity contribution in [2.45, 2.75) is 13.2 Å². The smallest absolute Gasteiger partial charge is 0.323 e. The Morgan fingerprint density at radius 3 is 2.60 bits per heavy atom. The summed E-state index contributed by atoms with van der Waals surface area (Å²) in [6, 6.07) is 7.21. The van der Waals surface area contributed by atoms with Gasteiger partial charge in [-0.2, -0.15) is 0 Å². The van der Waals surface area contributed by atoms with Crippen LogP contribution >= 0.6 is 15.9 Å². The Morgan fingerprint density at radius 2 is 1.90 bits per heavy atom. The Labute approximate surface area is 121 Å². The van der Waals surface area contributed by atoms with Crippen molar-refractivity contribution >= 4 is 32.7 Å². The number of aliphatic hydroxyl groups excluding tert-OH is 1. The molecule has 3 rings (SSSR count). The molecule has 0 atom stereocenters. The molecule has 0 aliphatic rings. The first-order valence-corrected chi connectivity index (χ1v) is 6.79. The Hall–Kier alpha value is -1.99. The average Bonchev–Trinajstić information content (AvgIpc) is 3.01. The second kappa shape index (κ2) is 5.18. The van der Waals surface area contributed by atoms with Gasteiger partial charge in [0.15, 0.2) is 0 Å². The van der Waals surface area contributed by atoms with E-state index in [-0.39, 0.29) is 12.3 Å². The lowest BCUT2D eigenvalue weighted by atomic mass is 10.2. The van der Waals surface area contributed by atoms with Crippen molar-refractivity contribution in [2.75, 3.05) is 5.32 Å². The highest BCUT2D eigenvalue weighted by atomic mass is 79.9. The number of H-pyrrole nitrogens is 2. The van der Waals surface area contributed by atoms with Gasteiger partial charge in [-0.1, -0.05) is 0 Å². The number of aromatic nitrogens is 2. The first-order chi connectivity index (χ1) is 9.65. The Kier molecular flexibility index (Phi) is 3.37. The van der Waals surface area contributed by atoms with Gasteiger partial charge in [0.2, 0.25) is 0 Å². The van der Waals surface area contributed by atoms with E-state index < -0.39 is 0 Å². The van der Waals surface area contributed by atoms with E-state index in [4.69, 9.17) is 9.52 Å². The lowest BCUT2D eigenvalue weighted by Crippen LogP contribution is -1.99. The number of aliphatic hydroxyl groups is 1. The van der Waals surface area contributed by atoms with E-state index in [2.05, 4.69) is 31.2 Å². The number of benzene rings is 1. The molecule has 0 spiro atoms. The largest absolute Gasteiger partial charge is 0.462 e. The van der Waals surface area contributed by atoms with Crippen LogP contribution in [0.4, 0.5) is 5.69 Å². The Bertz CT molecular complexity index is 803. The summed E-state index contributed by atoms with van der Waals surface area (Å²) in [7, 11) is 0. The molecule has 3 aromatic rings. The predicted molar refractivity (Wildman–Crippen MR) is 78.6 cm³/mol. The van der Waals surface area contributed by atoms with Gasteiger partial charge in [0, 0.05) is 4.47 Å². The highest BCUT2D eigenvalue weighted by Crippen LogP contribution is 2.27. The summed E-state index contributed by atoms with van der Waals surface area (Å²) >= 11 is 3.45. The fourth-order valence-corrected chi connectivity index (χ4v) is 2.46. The van der Waals surface area contributed by atoms with Crippen molar-refractivity contribution in [1.29, 1.82) is 0 Å². The molecule has 0 unspecified atom stereocenters. The number of aromatic amines is 2. The summed E-state index contributed by atoms with van der Waals surface area (Å²) in [5.74, 6) is 1.26. The molecule has 7 heteroatoms. The minimum absolute atomic E-state index is 0.111. The van der Waals surface area contributed by atoms with Crippen molar-refractivity contribution < 1.29 is 9.52 Å². The summed E-state index contributed by atoms with van der Waals surface area (Å²) in [4.78, 5) is 16.6. The molecule has 0 aliphatic carbocycles. The zero-order chi connectivity index (χ0) is 14.1. The molecule has 2 heterocycles. The zero-order valence-electron chi connectivity index (χ0n) is 10.4. The number of hydrogen-bond acceptors (Lipinski definition) is 4. The number of anilines is 1. The highest BCUT2D eigenvalue weighted by molar-refractivity contribution is 9.10. The van der Waals surface area contributed by atoms with E-state index >= 15 is 0 Å². The minimum Gasteiger partial charge on any atom is -0.462 e. The van der Waals surface area contributed by atoms with E-state index in [1.54, 1.807) is 6.07 Å². The van der Waals surface area contributed by atoms with Crippen molar-refractivity contribution in [3.05, 3.63) is 50.7 Å². The number of fused-ring (bicyclic) bond motifs is 1. The lowest BCUT2D eigenvalue weighted by Gasteiger charge is -2.07. The topological polar surface area (TPSA) is 94.1 Å². The molecule has 104 valence electrons. The van der Waals surface area contributed by atoms with Gasteiger partial charge in [-0.25, -0.2) is 4.79 Å². The normalized spacial score (nSPS) is 11.1. The Morgan fingerprint density at radius 1 is 1.20 bits per heavy atom. The van der Waals surface area contributed by atoms with Crippen LogP contribution in [0.15, 0.2) is 37.9 Å². The van der Waals surface area contributed by atoms with Crippen LogP contribution in [0.3, 0.4) is 0 Å². The molecule has 0 radical (unpaired) electrons. The van der Waals surface area contributed by atoms with E-state index in [1.807, 2.05) is 18.2 Å². The zero-order valence-corrected chi connectivity index (χ0v) is 12.0. The molecular weight excluding hydrogens is 326 g/mol. The maximum atomic E-state index is 11.2. The van der Waals surface area contributed by atoms with Gasteiger partial charge in [0.1, 0.15) is 18.1 Å². The van der Waals surface area contributed by atoms with Crippen LogP contribution in [0.25, 0.3) is 11.0 Å². The molecule has 4 N–H and O–H groups in total. The van der Waals surface area contributed by atoms with Crippen LogP contribution in [0.2, 0.25) is 0 Å². The lowest BCUT2D eigenvalue weighted by molar-refractivity contribution is 0.244. The second-order valence-electron chi connectivity index (χ2n) is 4.34. The summed E-state index contributed by atoms with van der Waals surface area (Å²) in [6.07, 6.45) is 0. The van der Waals surface area contributed by atoms with E-state index in [0.29, 0.717) is 12.3 Å². The maximum absolute atomic E-state index is 11.2.